The Morgan fingerprint density at radius 3 is 2.23 bits per heavy atom. The molecule has 0 aliphatic carbocycles. The second kappa shape index (κ2) is 8.41. The quantitative estimate of drug-likeness (QED) is 0.558. The molecule has 0 radical (unpaired) electrons. The van der Waals surface area contributed by atoms with Crippen LogP contribution in [0.5, 0.6) is 5.75 Å². The molecule has 22 heavy (non-hydrogen) atoms. The van der Waals surface area contributed by atoms with Crippen molar-refractivity contribution in [2.45, 2.75) is 40.0 Å². The molecular weight excluding hydrogens is 284 g/mol. The van der Waals surface area contributed by atoms with Gasteiger partial charge in [0.25, 0.3) is 0 Å². The summed E-state index contributed by atoms with van der Waals surface area (Å²) in [7, 11) is 0. The van der Waals surface area contributed by atoms with Gasteiger partial charge < -0.3 is 14.6 Å². The van der Waals surface area contributed by atoms with Gasteiger partial charge in [-0.2, -0.15) is 0 Å². The maximum atomic E-state index is 11.7. The number of hydrogen-bond donors (Lipinski definition) is 1. The first-order chi connectivity index (χ1) is 10.4. The van der Waals surface area contributed by atoms with E-state index in [-0.39, 0.29) is 11.5 Å². The van der Waals surface area contributed by atoms with E-state index in [9.17, 15) is 9.59 Å². The minimum Gasteiger partial charge on any atom is -0.494 e. The number of hydrogen-bond acceptors (Lipinski definition) is 4. The van der Waals surface area contributed by atoms with Gasteiger partial charge in [-0.1, -0.05) is 6.92 Å². The fourth-order valence-corrected chi connectivity index (χ4v) is 1.59. The highest BCUT2D eigenvalue weighted by Crippen LogP contribution is 2.21. The summed E-state index contributed by atoms with van der Waals surface area (Å²) in [5.74, 6) is -0.488. The molecule has 0 unspecified atom stereocenters. The molecule has 5 nitrogen and oxygen atoms in total. The maximum Gasteiger partial charge on any atom is 0.335 e. The van der Waals surface area contributed by atoms with Crippen molar-refractivity contribution in [3.8, 4) is 5.75 Å². The van der Waals surface area contributed by atoms with E-state index in [1.807, 2.05) is 20.8 Å². The van der Waals surface area contributed by atoms with Crippen molar-refractivity contribution < 1.29 is 24.2 Å². The molecule has 0 heterocycles. The van der Waals surface area contributed by atoms with Crippen LogP contribution < -0.4 is 4.74 Å². The van der Waals surface area contributed by atoms with Crippen LogP contribution in [0.25, 0.3) is 0 Å². The van der Waals surface area contributed by atoms with Crippen LogP contribution in [0, 0.1) is 5.41 Å². The highest BCUT2D eigenvalue weighted by molar-refractivity contribution is 5.87. The molecule has 0 aliphatic rings. The smallest absolute Gasteiger partial charge is 0.335 e. The van der Waals surface area contributed by atoms with Gasteiger partial charge in [0, 0.05) is 0 Å². The zero-order valence-corrected chi connectivity index (χ0v) is 13.4. The lowest BCUT2D eigenvalue weighted by Crippen LogP contribution is -2.26. The van der Waals surface area contributed by atoms with Crippen molar-refractivity contribution in [1.82, 2.24) is 0 Å². The maximum absolute atomic E-state index is 11.7. The van der Waals surface area contributed by atoms with Gasteiger partial charge in [0.05, 0.1) is 24.2 Å². The minimum absolute atomic E-state index is 0.167. The largest absolute Gasteiger partial charge is 0.494 e. The van der Waals surface area contributed by atoms with Crippen LogP contribution in [0.3, 0.4) is 0 Å². The molecule has 122 valence electrons. The van der Waals surface area contributed by atoms with E-state index in [4.69, 9.17) is 14.6 Å². The minimum atomic E-state index is -0.955. The molecular formula is C17H24O5. The first-order valence-electron chi connectivity index (χ1n) is 7.50. The van der Waals surface area contributed by atoms with E-state index in [0.29, 0.717) is 19.0 Å². The Morgan fingerprint density at radius 2 is 1.68 bits per heavy atom. The van der Waals surface area contributed by atoms with Gasteiger partial charge in [-0.3, -0.25) is 4.79 Å². The molecule has 0 fully saturated rings. The fourth-order valence-electron chi connectivity index (χ4n) is 1.59. The van der Waals surface area contributed by atoms with E-state index in [0.717, 1.165) is 19.3 Å². The van der Waals surface area contributed by atoms with Crippen LogP contribution in [0.2, 0.25) is 0 Å². The summed E-state index contributed by atoms with van der Waals surface area (Å²) >= 11 is 0. The molecule has 0 spiro atoms. The summed E-state index contributed by atoms with van der Waals surface area (Å²) < 4.78 is 10.7. The summed E-state index contributed by atoms with van der Waals surface area (Å²) in [6, 6.07) is 6.28. The Morgan fingerprint density at radius 1 is 1.09 bits per heavy atom. The average Bonchev–Trinajstić information content (AvgIpc) is 2.50. The number of carbonyl (C=O) groups is 2. The third kappa shape index (κ3) is 5.76. The van der Waals surface area contributed by atoms with Crippen molar-refractivity contribution in [2.75, 3.05) is 13.2 Å². The van der Waals surface area contributed by atoms with E-state index in [1.54, 1.807) is 12.1 Å². The van der Waals surface area contributed by atoms with E-state index < -0.39 is 11.4 Å². The first kappa shape index (κ1) is 18.0. The predicted octanol–water partition coefficient (Wildman–Crippen LogP) is 3.52. The number of esters is 1. The molecule has 0 saturated heterocycles. The molecule has 0 atom stereocenters. The SMILES string of the molecule is CCC(C)(C)C(=O)OCCCCOc1ccc(C(=O)O)cc1. The molecule has 0 bridgehead atoms. The van der Waals surface area contributed by atoms with Gasteiger partial charge in [0.2, 0.25) is 0 Å². The first-order valence-corrected chi connectivity index (χ1v) is 7.50. The number of aromatic carboxylic acids is 1. The van der Waals surface area contributed by atoms with Gasteiger partial charge >= 0.3 is 11.9 Å². The van der Waals surface area contributed by atoms with E-state index in [2.05, 4.69) is 0 Å². The van der Waals surface area contributed by atoms with E-state index in [1.165, 1.54) is 12.1 Å². The summed E-state index contributed by atoms with van der Waals surface area (Å²) in [6.07, 6.45) is 2.25. The zero-order valence-electron chi connectivity index (χ0n) is 13.4. The van der Waals surface area contributed by atoms with Crippen LogP contribution in [0.1, 0.15) is 50.4 Å². The summed E-state index contributed by atoms with van der Waals surface area (Å²) in [5.41, 5.74) is -0.194. The zero-order chi connectivity index (χ0) is 16.6. The monoisotopic (exact) mass is 308 g/mol. The third-order valence-corrected chi connectivity index (χ3v) is 3.58. The molecule has 1 N–H and O–H groups in total. The van der Waals surface area contributed by atoms with Gasteiger partial charge in [0.15, 0.2) is 0 Å². The highest BCUT2D eigenvalue weighted by atomic mass is 16.5. The molecule has 0 aliphatic heterocycles. The van der Waals surface area contributed by atoms with Crippen molar-refractivity contribution >= 4 is 11.9 Å². The summed E-state index contributed by atoms with van der Waals surface area (Å²) in [5, 5.41) is 8.79. The Hall–Kier alpha value is -2.04. The normalized spacial score (nSPS) is 11.0. The highest BCUT2D eigenvalue weighted by Gasteiger charge is 2.26. The lowest BCUT2D eigenvalue weighted by atomic mass is 9.91. The standard InChI is InChI=1S/C17H24O5/c1-4-17(2,3)16(20)22-12-6-5-11-21-14-9-7-13(8-10-14)15(18)19/h7-10H,4-6,11-12H2,1-3H3,(H,18,19). The van der Waals surface area contributed by atoms with Gasteiger partial charge in [0.1, 0.15) is 5.75 Å². The van der Waals surface area contributed by atoms with Crippen molar-refractivity contribution in [2.24, 2.45) is 5.41 Å². The van der Waals surface area contributed by atoms with Crippen LogP contribution in [-0.4, -0.2) is 30.3 Å². The number of unbranched alkanes of at least 4 members (excludes halogenated alkanes) is 1. The third-order valence-electron chi connectivity index (χ3n) is 3.58. The van der Waals surface area contributed by atoms with Crippen LogP contribution in [-0.2, 0) is 9.53 Å². The lowest BCUT2D eigenvalue weighted by Gasteiger charge is -2.20. The van der Waals surface area contributed by atoms with Crippen LogP contribution in [0.15, 0.2) is 24.3 Å². The number of carboxylic acid groups (broad SMARTS) is 1. The van der Waals surface area contributed by atoms with Crippen LogP contribution in [0.4, 0.5) is 0 Å². The molecule has 1 aromatic carbocycles. The number of carbonyl (C=O) groups excluding carboxylic acids is 1. The van der Waals surface area contributed by atoms with Crippen molar-refractivity contribution in [1.29, 1.82) is 0 Å². The number of carboxylic acids is 1. The Kier molecular flexibility index (Phi) is 6.89. The van der Waals surface area contributed by atoms with Crippen molar-refractivity contribution in [3.63, 3.8) is 0 Å². The molecule has 0 saturated carbocycles. The number of rotatable bonds is 9. The predicted molar refractivity (Wildman–Crippen MR) is 83.2 cm³/mol. The summed E-state index contributed by atoms with van der Waals surface area (Å²) in [4.78, 5) is 22.4. The van der Waals surface area contributed by atoms with Gasteiger partial charge in [-0.15, -0.1) is 0 Å². The second-order valence-electron chi connectivity index (χ2n) is 5.76. The molecule has 1 aromatic rings. The fraction of sp³-hybridized carbons (Fsp3) is 0.529. The van der Waals surface area contributed by atoms with Crippen LogP contribution >= 0.6 is 0 Å². The molecule has 0 aromatic heterocycles. The molecule has 1 rings (SSSR count). The molecule has 5 heteroatoms. The number of benzene rings is 1. The number of ether oxygens (including phenoxy) is 2. The van der Waals surface area contributed by atoms with Crippen molar-refractivity contribution in [3.05, 3.63) is 29.8 Å². The Balaban J connectivity index is 2.18. The topological polar surface area (TPSA) is 72.8 Å². The average molecular weight is 308 g/mol. The summed E-state index contributed by atoms with van der Waals surface area (Å²) in [6.45, 7) is 6.61. The second-order valence-corrected chi connectivity index (χ2v) is 5.76. The lowest BCUT2D eigenvalue weighted by molar-refractivity contribution is -0.154. The van der Waals surface area contributed by atoms with Gasteiger partial charge in [-0.05, 0) is 57.4 Å². The molecule has 0 amide bonds. The van der Waals surface area contributed by atoms with Gasteiger partial charge in [-0.25, -0.2) is 4.79 Å². The Labute approximate surface area is 131 Å². The Bertz CT molecular complexity index is 490. The van der Waals surface area contributed by atoms with E-state index >= 15 is 0 Å².